The Morgan fingerprint density at radius 3 is 2.29 bits per heavy atom. The molecule has 2 aliphatic rings. The average molecular weight is 364 g/mol. The van der Waals surface area contributed by atoms with Gasteiger partial charge in [-0.15, -0.1) is 0 Å². The molecule has 2 aliphatic heterocycles. The van der Waals surface area contributed by atoms with Gasteiger partial charge < -0.3 is 4.74 Å². The minimum atomic E-state index is -4.46. The summed E-state index contributed by atoms with van der Waals surface area (Å²) in [6.07, 6.45) is -0.316. The van der Waals surface area contributed by atoms with Gasteiger partial charge in [-0.3, -0.25) is 4.98 Å². The van der Waals surface area contributed by atoms with E-state index in [-0.39, 0.29) is 18.2 Å². The van der Waals surface area contributed by atoms with Crippen LogP contribution < -0.4 is 4.74 Å². The molecule has 2 unspecified atom stereocenters. The minimum Gasteiger partial charge on any atom is -0.490 e. The molecular formula is C15H19F3N2O3S. The van der Waals surface area contributed by atoms with Gasteiger partial charge in [-0.1, -0.05) is 0 Å². The second-order valence-electron chi connectivity index (χ2n) is 6.29. The second kappa shape index (κ2) is 6.51. The van der Waals surface area contributed by atoms with Crippen molar-refractivity contribution in [2.24, 2.45) is 0 Å². The highest BCUT2D eigenvalue weighted by Crippen LogP contribution is 2.39. The highest BCUT2D eigenvalue weighted by molar-refractivity contribution is 7.89. The highest BCUT2D eigenvalue weighted by atomic mass is 32.2. The third kappa shape index (κ3) is 4.00. The fourth-order valence-electron chi connectivity index (χ4n) is 3.59. The molecule has 3 rings (SSSR count). The molecule has 2 atom stereocenters. The Bertz CT molecular complexity index is 652. The van der Waals surface area contributed by atoms with Gasteiger partial charge in [0.1, 0.15) is 11.9 Å². The SMILES string of the molecule is O=S(=O)(CCC(F)(F)F)N1C2CCC1CC(Oc1ccncc1)C2. The van der Waals surface area contributed by atoms with Crippen LogP contribution in [0.1, 0.15) is 32.1 Å². The van der Waals surface area contributed by atoms with Crippen molar-refractivity contribution in [1.82, 2.24) is 9.29 Å². The molecule has 134 valence electrons. The lowest BCUT2D eigenvalue weighted by Crippen LogP contribution is -2.50. The van der Waals surface area contributed by atoms with Gasteiger partial charge in [0, 0.05) is 37.3 Å². The van der Waals surface area contributed by atoms with Crippen molar-refractivity contribution in [2.45, 2.75) is 56.5 Å². The maximum atomic E-state index is 12.4. The van der Waals surface area contributed by atoms with Crippen LogP contribution in [0.2, 0.25) is 0 Å². The standard InChI is InChI=1S/C15H19F3N2O3S/c16-15(17,18)5-8-24(21,22)20-11-1-2-12(20)10-14(9-11)23-13-3-6-19-7-4-13/h3-4,6-7,11-12,14H,1-2,5,8-10H2. The monoisotopic (exact) mass is 364 g/mol. The van der Waals surface area contributed by atoms with Crippen molar-refractivity contribution in [3.05, 3.63) is 24.5 Å². The molecule has 0 saturated carbocycles. The Morgan fingerprint density at radius 1 is 1.17 bits per heavy atom. The maximum absolute atomic E-state index is 12.4. The molecule has 0 aromatic carbocycles. The molecule has 0 amide bonds. The van der Waals surface area contributed by atoms with Crippen LogP contribution in [-0.2, 0) is 10.0 Å². The summed E-state index contributed by atoms with van der Waals surface area (Å²) in [5.41, 5.74) is 0. The normalized spacial score (nSPS) is 28.0. The largest absolute Gasteiger partial charge is 0.490 e. The van der Waals surface area contributed by atoms with Crippen LogP contribution in [0.5, 0.6) is 5.75 Å². The fourth-order valence-corrected chi connectivity index (χ4v) is 5.59. The Kier molecular flexibility index (Phi) is 4.74. The first kappa shape index (κ1) is 17.5. The molecule has 24 heavy (non-hydrogen) atoms. The molecule has 9 heteroatoms. The number of halogens is 3. The zero-order valence-electron chi connectivity index (χ0n) is 12.9. The number of sulfonamides is 1. The van der Waals surface area contributed by atoms with E-state index in [0.717, 1.165) is 0 Å². The molecule has 2 saturated heterocycles. The van der Waals surface area contributed by atoms with Crippen LogP contribution in [0.25, 0.3) is 0 Å². The van der Waals surface area contributed by atoms with Gasteiger partial charge in [-0.2, -0.15) is 17.5 Å². The summed E-state index contributed by atoms with van der Waals surface area (Å²) in [6.45, 7) is 0. The van der Waals surface area contributed by atoms with E-state index in [1.54, 1.807) is 24.5 Å². The van der Waals surface area contributed by atoms with E-state index in [1.807, 2.05) is 0 Å². The summed E-state index contributed by atoms with van der Waals surface area (Å²) in [5.74, 6) is -0.206. The molecule has 3 heterocycles. The quantitative estimate of drug-likeness (QED) is 0.806. The Labute approximate surface area is 138 Å². The number of alkyl halides is 3. The van der Waals surface area contributed by atoms with Crippen LogP contribution in [0.15, 0.2) is 24.5 Å². The molecule has 1 aromatic heterocycles. The zero-order chi connectivity index (χ0) is 17.4. The minimum absolute atomic E-state index is 0.126. The molecule has 5 nitrogen and oxygen atoms in total. The van der Waals surface area contributed by atoms with Gasteiger partial charge in [0.05, 0.1) is 12.2 Å². The Morgan fingerprint density at radius 2 is 1.75 bits per heavy atom. The van der Waals surface area contributed by atoms with Crippen molar-refractivity contribution in [2.75, 3.05) is 5.75 Å². The number of aromatic nitrogens is 1. The van der Waals surface area contributed by atoms with Crippen LogP contribution in [0.3, 0.4) is 0 Å². The molecule has 0 radical (unpaired) electrons. The zero-order valence-corrected chi connectivity index (χ0v) is 13.8. The number of ether oxygens (including phenoxy) is 1. The summed E-state index contributed by atoms with van der Waals surface area (Å²) >= 11 is 0. The number of rotatable bonds is 5. The number of hydrogen-bond donors (Lipinski definition) is 0. The first-order chi connectivity index (χ1) is 11.2. The summed E-state index contributed by atoms with van der Waals surface area (Å²) in [6, 6.07) is 2.92. The van der Waals surface area contributed by atoms with E-state index in [9.17, 15) is 21.6 Å². The number of nitrogens with zero attached hydrogens (tertiary/aromatic N) is 2. The molecule has 1 aromatic rings. The summed E-state index contributed by atoms with van der Waals surface area (Å²) in [7, 11) is -3.90. The van der Waals surface area contributed by atoms with Gasteiger partial charge in [-0.05, 0) is 25.0 Å². The van der Waals surface area contributed by atoms with Crippen molar-refractivity contribution >= 4 is 10.0 Å². The average Bonchev–Trinajstić information content (AvgIpc) is 2.79. The summed E-state index contributed by atoms with van der Waals surface area (Å²) < 4.78 is 68.9. The van der Waals surface area contributed by atoms with Gasteiger partial charge in [-0.25, -0.2) is 8.42 Å². The van der Waals surface area contributed by atoms with E-state index in [0.29, 0.717) is 31.4 Å². The van der Waals surface area contributed by atoms with Crippen molar-refractivity contribution in [3.8, 4) is 5.75 Å². The molecule has 0 N–H and O–H groups in total. The molecular weight excluding hydrogens is 345 g/mol. The Balaban J connectivity index is 1.65. The fraction of sp³-hybridized carbons (Fsp3) is 0.667. The summed E-state index contributed by atoms with van der Waals surface area (Å²) in [5, 5.41) is 0. The highest BCUT2D eigenvalue weighted by Gasteiger charge is 2.48. The molecule has 0 aliphatic carbocycles. The van der Waals surface area contributed by atoms with E-state index < -0.39 is 28.4 Å². The Hall–Kier alpha value is -1.35. The van der Waals surface area contributed by atoms with Crippen molar-refractivity contribution in [1.29, 1.82) is 0 Å². The molecule has 0 spiro atoms. The lowest BCUT2D eigenvalue weighted by atomic mass is 10.0. The van der Waals surface area contributed by atoms with Crippen LogP contribution in [-0.4, -0.2) is 47.8 Å². The van der Waals surface area contributed by atoms with Gasteiger partial charge >= 0.3 is 6.18 Å². The van der Waals surface area contributed by atoms with Gasteiger partial charge in [0.2, 0.25) is 10.0 Å². The van der Waals surface area contributed by atoms with Gasteiger partial charge in [0.25, 0.3) is 0 Å². The van der Waals surface area contributed by atoms with Crippen LogP contribution >= 0.6 is 0 Å². The van der Waals surface area contributed by atoms with Crippen LogP contribution in [0.4, 0.5) is 13.2 Å². The smallest absolute Gasteiger partial charge is 0.390 e. The third-order valence-corrected chi connectivity index (χ3v) is 6.50. The topological polar surface area (TPSA) is 59.5 Å². The van der Waals surface area contributed by atoms with E-state index in [1.165, 1.54) is 4.31 Å². The predicted octanol–water partition coefficient (Wildman–Crippen LogP) is 2.74. The maximum Gasteiger partial charge on any atom is 0.390 e. The number of fused-ring (bicyclic) bond motifs is 2. The van der Waals surface area contributed by atoms with Crippen molar-refractivity contribution in [3.63, 3.8) is 0 Å². The lowest BCUT2D eigenvalue weighted by molar-refractivity contribution is -0.130. The lowest BCUT2D eigenvalue weighted by Gasteiger charge is -2.37. The van der Waals surface area contributed by atoms with Crippen molar-refractivity contribution < 1.29 is 26.3 Å². The second-order valence-corrected chi connectivity index (χ2v) is 8.28. The van der Waals surface area contributed by atoms with Gasteiger partial charge in [0.15, 0.2) is 0 Å². The first-order valence-electron chi connectivity index (χ1n) is 7.89. The van der Waals surface area contributed by atoms with E-state index in [4.69, 9.17) is 4.74 Å². The number of hydrogen-bond acceptors (Lipinski definition) is 4. The number of piperidine rings is 1. The van der Waals surface area contributed by atoms with Crippen LogP contribution in [0, 0.1) is 0 Å². The van der Waals surface area contributed by atoms with E-state index in [2.05, 4.69) is 4.98 Å². The van der Waals surface area contributed by atoms with E-state index >= 15 is 0 Å². The molecule has 2 fully saturated rings. The predicted molar refractivity (Wildman–Crippen MR) is 81.0 cm³/mol. The summed E-state index contributed by atoms with van der Waals surface area (Å²) in [4.78, 5) is 3.91. The number of pyridine rings is 1. The third-order valence-electron chi connectivity index (χ3n) is 4.54. The molecule has 2 bridgehead atoms. The first-order valence-corrected chi connectivity index (χ1v) is 9.50.